The standard InChI is InChI=1S/C32H64NO6P/c1-3-5-6-7-8-9-10-11-12-13-14-15-16-17-18-19-22-27-37-29-31(39-32(34)23-4-2)30-38-40(35,36)28-26-33-24-20-21-25-33/h31H,3-30H2,1-2H3,(H,35,36). The molecule has 1 N–H and O–H groups in total. The van der Waals surface area contributed by atoms with Gasteiger partial charge in [0.2, 0.25) is 0 Å². The Kier molecular flexibility index (Phi) is 24.6. The highest BCUT2D eigenvalue weighted by atomic mass is 31.2. The van der Waals surface area contributed by atoms with Crippen LogP contribution in [0, 0.1) is 0 Å². The fraction of sp³-hybridized carbons (Fsp3) is 0.969. The highest BCUT2D eigenvalue weighted by Gasteiger charge is 2.25. The first-order valence-corrected chi connectivity index (χ1v) is 18.7. The van der Waals surface area contributed by atoms with E-state index < -0.39 is 13.7 Å². The normalized spacial score (nSPS) is 16.3. The second-order valence-corrected chi connectivity index (χ2v) is 13.8. The molecule has 1 rings (SSSR count). The Bertz CT molecular complexity index is 629. The zero-order valence-corrected chi connectivity index (χ0v) is 27.2. The van der Waals surface area contributed by atoms with Crippen LogP contribution in [-0.4, -0.2) is 67.5 Å². The number of esters is 1. The molecule has 1 fully saturated rings. The fourth-order valence-corrected chi connectivity index (χ4v) is 6.31. The van der Waals surface area contributed by atoms with E-state index in [0.717, 1.165) is 38.8 Å². The topological polar surface area (TPSA) is 85.3 Å². The van der Waals surface area contributed by atoms with Crippen LogP contribution < -0.4 is 0 Å². The monoisotopic (exact) mass is 589 g/mol. The molecule has 2 unspecified atom stereocenters. The van der Waals surface area contributed by atoms with E-state index in [-0.39, 0.29) is 25.3 Å². The minimum atomic E-state index is -3.73. The number of hydrogen-bond donors (Lipinski definition) is 1. The summed E-state index contributed by atoms with van der Waals surface area (Å²) in [5.74, 6) is -0.317. The summed E-state index contributed by atoms with van der Waals surface area (Å²) in [7, 11) is -3.73. The zero-order chi connectivity index (χ0) is 29.2. The molecule has 0 radical (unpaired) electrons. The predicted octanol–water partition coefficient (Wildman–Crippen LogP) is 8.66. The van der Waals surface area contributed by atoms with E-state index in [1.807, 2.05) is 6.92 Å². The summed E-state index contributed by atoms with van der Waals surface area (Å²) >= 11 is 0. The van der Waals surface area contributed by atoms with Crippen LogP contribution >= 0.6 is 7.60 Å². The van der Waals surface area contributed by atoms with E-state index in [0.29, 0.717) is 26.0 Å². The van der Waals surface area contributed by atoms with Gasteiger partial charge >= 0.3 is 13.6 Å². The molecule has 0 aromatic carbocycles. The van der Waals surface area contributed by atoms with Gasteiger partial charge in [0.25, 0.3) is 0 Å². The van der Waals surface area contributed by atoms with E-state index in [4.69, 9.17) is 14.0 Å². The summed E-state index contributed by atoms with van der Waals surface area (Å²) in [6.45, 7) is 7.40. The van der Waals surface area contributed by atoms with Gasteiger partial charge in [-0.05, 0) is 38.8 Å². The van der Waals surface area contributed by atoms with Crippen molar-refractivity contribution >= 4 is 13.6 Å². The van der Waals surface area contributed by atoms with E-state index in [1.54, 1.807) is 0 Å². The van der Waals surface area contributed by atoms with Crippen LogP contribution in [0.25, 0.3) is 0 Å². The molecule has 1 aliphatic rings. The minimum absolute atomic E-state index is 0.0999. The molecule has 40 heavy (non-hydrogen) atoms. The Morgan fingerprint density at radius 3 is 1.75 bits per heavy atom. The van der Waals surface area contributed by atoms with Crippen LogP contribution in [0.1, 0.15) is 149 Å². The van der Waals surface area contributed by atoms with Crippen molar-refractivity contribution in [2.24, 2.45) is 0 Å². The molecule has 0 saturated carbocycles. The Balaban J connectivity index is 2.02. The third-order valence-corrected chi connectivity index (χ3v) is 9.13. The maximum atomic E-state index is 12.5. The summed E-state index contributed by atoms with van der Waals surface area (Å²) < 4.78 is 29.0. The highest BCUT2D eigenvalue weighted by molar-refractivity contribution is 7.52. The van der Waals surface area contributed by atoms with Gasteiger partial charge in [0.1, 0.15) is 6.10 Å². The molecular formula is C32H64NO6P. The van der Waals surface area contributed by atoms with Crippen molar-refractivity contribution in [2.75, 3.05) is 45.6 Å². The lowest BCUT2D eigenvalue weighted by molar-refractivity contribution is -0.154. The van der Waals surface area contributed by atoms with Gasteiger partial charge in [-0.3, -0.25) is 9.36 Å². The second-order valence-electron chi connectivity index (χ2n) is 11.8. The highest BCUT2D eigenvalue weighted by Crippen LogP contribution is 2.42. The maximum absolute atomic E-state index is 12.5. The van der Waals surface area contributed by atoms with Gasteiger partial charge in [-0.1, -0.05) is 117 Å². The lowest BCUT2D eigenvalue weighted by Crippen LogP contribution is -2.29. The van der Waals surface area contributed by atoms with E-state index in [1.165, 1.54) is 96.3 Å². The van der Waals surface area contributed by atoms with Gasteiger partial charge in [-0.2, -0.15) is 0 Å². The van der Waals surface area contributed by atoms with Crippen molar-refractivity contribution in [3.63, 3.8) is 0 Å². The van der Waals surface area contributed by atoms with E-state index in [9.17, 15) is 14.3 Å². The molecule has 2 atom stereocenters. The lowest BCUT2D eigenvalue weighted by atomic mass is 10.0. The van der Waals surface area contributed by atoms with Gasteiger partial charge in [0, 0.05) is 19.6 Å². The molecule has 7 nitrogen and oxygen atoms in total. The van der Waals surface area contributed by atoms with Crippen LogP contribution in [0.4, 0.5) is 0 Å². The van der Waals surface area contributed by atoms with Gasteiger partial charge < -0.3 is 23.8 Å². The minimum Gasteiger partial charge on any atom is -0.457 e. The molecule has 238 valence electrons. The van der Waals surface area contributed by atoms with Crippen molar-refractivity contribution in [3.8, 4) is 0 Å². The zero-order valence-electron chi connectivity index (χ0n) is 26.3. The van der Waals surface area contributed by atoms with Crippen LogP contribution in [-0.2, 0) is 23.4 Å². The number of likely N-dealkylation sites (tertiary alicyclic amines) is 1. The SMILES string of the molecule is CCCCCCCCCCCCCCCCCCCOCC(COP(=O)(O)CCN1CCCC1)OC(=O)CCC. The largest absolute Gasteiger partial charge is 0.457 e. The van der Waals surface area contributed by atoms with Crippen molar-refractivity contribution in [1.82, 2.24) is 4.90 Å². The number of rotatable bonds is 29. The molecule has 8 heteroatoms. The van der Waals surface area contributed by atoms with Gasteiger partial charge in [-0.25, -0.2) is 0 Å². The smallest absolute Gasteiger partial charge is 0.329 e. The summed E-state index contributed by atoms with van der Waals surface area (Å²) in [6.07, 6.45) is 25.5. The average Bonchev–Trinajstić information content (AvgIpc) is 3.46. The Morgan fingerprint density at radius 2 is 1.25 bits per heavy atom. The van der Waals surface area contributed by atoms with Crippen LogP contribution in [0.5, 0.6) is 0 Å². The Morgan fingerprint density at radius 1 is 0.750 bits per heavy atom. The number of nitrogens with zero attached hydrogens (tertiary/aromatic N) is 1. The number of hydrogen-bond acceptors (Lipinski definition) is 6. The molecule has 0 aromatic rings. The van der Waals surface area contributed by atoms with Crippen LogP contribution in [0.2, 0.25) is 0 Å². The van der Waals surface area contributed by atoms with Crippen molar-refractivity contribution in [1.29, 1.82) is 0 Å². The van der Waals surface area contributed by atoms with Crippen molar-refractivity contribution in [2.45, 2.75) is 155 Å². The van der Waals surface area contributed by atoms with Gasteiger partial charge in [0.05, 0.1) is 19.4 Å². The van der Waals surface area contributed by atoms with Crippen LogP contribution in [0.3, 0.4) is 0 Å². The molecule has 0 aromatic heterocycles. The first-order valence-electron chi connectivity index (χ1n) is 16.9. The van der Waals surface area contributed by atoms with Gasteiger partial charge in [0.15, 0.2) is 0 Å². The molecule has 1 heterocycles. The second kappa shape index (κ2) is 26.2. The fourth-order valence-electron chi connectivity index (χ4n) is 5.25. The summed E-state index contributed by atoms with van der Waals surface area (Å²) in [4.78, 5) is 24.4. The Hall–Kier alpha value is -0.460. The molecule has 0 amide bonds. The maximum Gasteiger partial charge on any atom is 0.329 e. The third-order valence-electron chi connectivity index (χ3n) is 7.81. The molecular weight excluding hydrogens is 525 g/mol. The van der Waals surface area contributed by atoms with Crippen molar-refractivity contribution in [3.05, 3.63) is 0 Å². The average molecular weight is 590 g/mol. The van der Waals surface area contributed by atoms with E-state index >= 15 is 0 Å². The number of carbonyl (C=O) groups excluding carboxylic acids is 1. The number of unbranched alkanes of at least 4 members (excludes halogenated alkanes) is 16. The number of carbonyl (C=O) groups is 1. The van der Waals surface area contributed by atoms with Gasteiger partial charge in [-0.15, -0.1) is 0 Å². The predicted molar refractivity (Wildman–Crippen MR) is 166 cm³/mol. The summed E-state index contributed by atoms with van der Waals surface area (Å²) in [6, 6.07) is 0. The first-order chi connectivity index (χ1) is 19.5. The molecule has 1 aliphatic heterocycles. The Labute approximate surface area is 247 Å². The van der Waals surface area contributed by atoms with E-state index in [2.05, 4.69) is 11.8 Å². The van der Waals surface area contributed by atoms with Crippen molar-refractivity contribution < 1.29 is 28.3 Å². The molecule has 1 saturated heterocycles. The quantitative estimate of drug-likeness (QED) is 0.0531. The molecule has 0 spiro atoms. The third kappa shape index (κ3) is 23.1. The molecule has 0 aliphatic carbocycles. The first kappa shape index (κ1) is 37.6. The summed E-state index contributed by atoms with van der Waals surface area (Å²) in [5.41, 5.74) is 0. The summed E-state index contributed by atoms with van der Waals surface area (Å²) in [5, 5.41) is 0. The van der Waals surface area contributed by atoms with Crippen LogP contribution in [0.15, 0.2) is 0 Å². The molecule has 0 bridgehead atoms. The lowest BCUT2D eigenvalue weighted by Gasteiger charge is -2.21. The number of ether oxygens (including phenoxy) is 2.